The van der Waals surface area contributed by atoms with Crippen LogP contribution in [0.1, 0.15) is 20.3 Å². The lowest BCUT2D eigenvalue weighted by Crippen LogP contribution is -2.67. The Morgan fingerprint density at radius 3 is 1.71 bits per heavy atom. The van der Waals surface area contributed by atoms with Crippen LogP contribution in [-0.2, 0) is 33.2 Å². The molecule has 0 radical (unpaired) electrons. The number of hydrogen-bond acceptors (Lipinski definition) is 18. The zero-order valence-electron chi connectivity index (χ0n) is 22.9. The van der Waals surface area contributed by atoms with E-state index in [1.54, 1.807) is 0 Å². The Labute approximate surface area is 240 Å². The van der Waals surface area contributed by atoms with Gasteiger partial charge in [-0.25, -0.2) is 0 Å². The highest BCUT2D eigenvalue weighted by Gasteiger charge is 2.55. The molecular weight excluding hydrogens is 576 g/mol. The molecule has 0 spiro atoms. The van der Waals surface area contributed by atoms with E-state index < -0.39 is 130 Å². The number of ether oxygens (including phenoxy) is 7. The van der Waals surface area contributed by atoms with Crippen LogP contribution in [0.4, 0.5) is 0 Å². The van der Waals surface area contributed by atoms with Gasteiger partial charge >= 0.3 is 0 Å². The number of rotatable bonds is 8. The van der Waals surface area contributed by atoms with Crippen LogP contribution < -0.4 is 0 Å². The minimum absolute atomic E-state index is 0.157. The quantitative estimate of drug-likeness (QED) is 0.120. The van der Waals surface area contributed by atoms with Gasteiger partial charge in [-0.3, -0.25) is 0 Å². The second-order valence-corrected chi connectivity index (χ2v) is 11.0. The summed E-state index contributed by atoms with van der Waals surface area (Å²) in [6.45, 7) is 1.35. The van der Waals surface area contributed by atoms with Crippen molar-refractivity contribution in [3.05, 3.63) is 0 Å². The fourth-order valence-corrected chi connectivity index (χ4v) is 5.37. The molecule has 19 atom stereocenters. The van der Waals surface area contributed by atoms with E-state index in [1.807, 2.05) is 0 Å². The smallest absolute Gasteiger partial charge is 0.187 e. The van der Waals surface area contributed by atoms with E-state index in [9.17, 15) is 56.2 Å². The predicted octanol–water partition coefficient (Wildman–Crippen LogP) is -6.66. The molecule has 4 aliphatic rings. The molecule has 0 bridgehead atoms. The molecule has 18 heteroatoms. The van der Waals surface area contributed by atoms with Gasteiger partial charge in [-0.15, -0.1) is 0 Å². The molecular formula is C24H42O18. The Kier molecular flexibility index (Phi) is 11.5. The average Bonchev–Trinajstić information content (AvgIpc) is 2.95. The van der Waals surface area contributed by atoms with Crippen LogP contribution in [0.2, 0.25) is 0 Å². The van der Waals surface area contributed by atoms with Crippen LogP contribution in [-0.4, -0.2) is 186 Å². The minimum atomic E-state index is -1.91. The number of aliphatic hydroxyl groups excluding tert-OH is 11. The fraction of sp³-hybridized carbons (Fsp3) is 1.00. The van der Waals surface area contributed by atoms with Crippen LogP contribution in [0, 0.1) is 0 Å². The number of aliphatic hydroxyl groups is 11. The van der Waals surface area contributed by atoms with E-state index in [0.29, 0.717) is 0 Å². The lowest BCUT2D eigenvalue weighted by Gasteiger charge is -2.50. The zero-order valence-corrected chi connectivity index (χ0v) is 22.9. The first-order chi connectivity index (χ1) is 19.8. The van der Waals surface area contributed by atoms with Crippen molar-refractivity contribution in [1.29, 1.82) is 0 Å². The molecule has 0 aliphatic carbocycles. The van der Waals surface area contributed by atoms with Gasteiger partial charge in [-0.2, -0.15) is 0 Å². The predicted molar refractivity (Wildman–Crippen MR) is 130 cm³/mol. The summed E-state index contributed by atoms with van der Waals surface area (Å²) in [6.07, 6.45) is -29.4. The van der Waals surface area contributed by atoms with E-state index in [0.717, 1.165) is 0 Å². The third kappa shape index (κ3) is 6.91. The Bertz CT molecular complexity index is 852. The largest absolute Gasteiger partial charge is 0.394 e. The van der Waals surface area contributed by atoms with E-state index in [-0.39, 0.29) is 6.42 Å². The molecule has 4 fully saturated rings. The first-order valence-corrected chi connectivity index (χ1v) is 13.7. The highest BCUT2D eigenvalue weighted by molar-refractivity contribution is 4.97. The summed E-state index contributed by atoms with van der Waals surface area (Å²) in [7, 11) is 0. The van der Waals surface area contributed by atoms with Crippen molar-refractivity contribution in [1.82, 2.24) is 0 Å². The van der Waals surface area contributed by atoms with Crippen LogP contribution >= 0.6 is 0 Å². The van der Waals surface area contributed by atoms with Gasteiger partial charge in [0.05, 0.1) is 31.5 Å². The Morgan fingerprint density at radius 1 is 0.500 bits per heavy atom. The Morgan fingerprint density at radius 2 is 1.07 bits per heavy atom. The maximum atomic E-state index is 11.1. The summed E-state index contributed by atoms with van der Waals surface area (Å²) in [5.74, 6) is 0. The van der Waals surface area contributed by atoms with Gasteiger partial charge in [0.1, 0.15) is 73.2 Å². The monoisotopic (exact) mass is 618 g/mol. The summed E-state index contributed by atoms with van der Waals surface area (Å²) in [6, 6.07) is 0. The maximum Gasteiger partial charge on any atom is 0.187 e. The van der Waals surface area contributed by atoms with E-state index in [4.69, 9.17) is 33.2 Å². The topological polar surface area (TPSA) is 287 Å². The van der Waals surface area contributed by atoms with Gasteiger partial charge in [0.15, 0.2) is 25.2 Å². The van der Waals surface area contributed by atoms with Gasteiger partial charge in [-0.1, -0.05) is 0 Å². The van der Waals surface area contributed by atoms with Crippen molar-refractivity contribution in [2.24, 2.45) is 0 Å². The van der Waals surface area contributed by atoms with E-state index in [2.05, 4.69) is 0 Å². The molecule has 246 valence electrons. The van der Waals surface area contributed by atoms with Crippen molar-refractivity contribution in [2.45, 2.75) is 137 Å². The summed E-state index contributed by atoms with van der Waals surface area (Å²) >= 11 is 0. The molecule has 18 nitrogen and oxygen atoms in total. The standard InChI is InChI=1S/C24H42O18/c1-6-8(27)3-9(28)22(37-6)41-19-13(30)11(5-26)39-24(40-18-7(2)36-21(35)16(33)15(18)32)20(19)42-23-17(34)14(31)12(29)10(4-25)38-23/h6-35H,3-5H2,1-2H3/t6-,7-,8+,9+,10+,11+,12-,13+,14-,15-,16+,17+,18-,19-,20-,21?,22-,23+,24+/m0/s1. The third-order valence-corrected chi connectivity index (χ3v) is 8.00. The highest BCUT2D eigenvalue weighted by atomic mass is 16.8. The zero-order chi connectivity index (χ0) is 31.0. The molecule has 4 heterocycles. The van der Waals surface area contributed by atoms with Crippen LogP contribution in [0.5, 0.6) is 0 Å². The Balaban J connectivity index is 1.66. The molecule has 42 heavy (non-hydrogen) atoms. The van der Waals surface area contributed by atoms with Crippen molar-refractivity contribution in [3.63, 3.8) is 0 Å². The summed E-state index contributed by atoms with van der Waals surface area (Å²) in [5.41, 5.74) is 0. The highest BCUT2D eigenvalue weighted by Crippen LogP contribution is 2.35. The van der Waals surface area contributed by atoms with Gasteiger partial charge < -0.3 is 89.3 Å². The van der Waals surface area contributed by atoms with E-state index in [1.165, 1.54) is 13.8 Å². The van der Waals surface area contributed by atoms with Crippen LogP contribution in [0.3, 0.4) is 0 Å². The minimum Gasteiger partial charge on any atom is -0.394 e. The van der Waals surface area contributed by atoms with Gasteiger partial charge in [0, 0.05) is 6.42 Å². The summed E-state index contributed by atoms with van der Waals surface area (Å²) in [4.78, 5) is 0. The molecule has 0 aromatic rings. The summed E-state index contributed by atoms with van der Waals surface area (Å²) < 4.78 is 39.6. The second kappa shape index (κ2) is 14.1. The molecule has 11 N–H and O–H groups in total. The molecule has 0 amide bonds. The number of hydrogen-bond donors (Lipinski definition) is 11. The molecule has 0 saturated carbocycles. The average molecular weight is 619 g/mol. The van der Waals surface area contributed by atoms with Gasteiger partial charge in [0.25, 0.3) is 0 Å². The Hall–Kier alpha value is -0.720. The lowest BCUT2D eigenvalue weighted by molar-refractivity contribution is -0.401. The SMILES string of the molecule is C[C@@H]1OC(O)[C@H](O)[C@H](O)[C@H]1O[C@H]1O[C@H](CO)[C@@H](O)[C@H](O[C@@H]2O[C@@H](C)[C@H](O)C[C@H]2O)[C@@H]1O[C@H]1O[C@H](CO)[C@H](O)[C@H](O)[C@H]1O. The molecule has 4 aliphatic heterocycles. The molecule has 4 saturated heterocycles. The fourth-order valence-electron chi connectivity index (χ4n) is 5.37. The van der Waals surface area contributed by atoms with Crippen molar-refractivity contribution in [2.75, 3.05) is 13.2 Å². The van der Waals surface area contributed by atoms with Gasteiger partial charge in [-0.05, 0) is 13.8 Å². The summed E-state index contributed by atoms with van der Waals surface area (Å²) in [5, 5.41) is 113. The van der Waals surface area contributed by atoms with Gasteiger partial charge in [0.2, 0.25) is 0 Å². The molecule has 0 aromatic carbocycles. The maximum absolute atomic E-state index is 11.1. The molecule has 4 rings (SSSR count). The van der Waals surface area contributed by atoms with Crippen LogP contribution in [0.15, 0.2) is 0 Å². The normalized spacial score (nSPS) is 54.1. The lowest BCUT2D eigenvalue weighted by atomic mass is 9.95. The molecule has 0 aromatic heterocycles. The van der Waals surface area contributed by atoms with E-state index >= 15 is 0 Å². The van der Waals surface area contributed by atoms with Crippen molar-refractivity contribution >= 4 is 0 Å². The van der Waals surface area contributed by atoms with Crippen LogP contribution in [0.25, 0.3) is 0 Å². The van der Waals surface area contributed by atoms with Crippen molar-refractivity contribution < 1.29 is 89.3 Å². The first kappa shape index (κ1) is 34.2. The molecule has 1 unspecified atom stereocenters. The third-order valence-electron chi connectivity index (χ3n) is 8.00. The first-order valence-electron chi connectivity index (χ1n) is 13.7. The van der Waals surface area contributed by atoms with Crippen molar-refractivity contribution in [3.8, 4) is 0 Å². The second-order valence-electron chi connectivity index (χ2n) is 11.0.